The van der Waals surface area contributed by atoms with Crippen molar-refractivity contribution in [1.82, 2.24) is 9.88 Å². The second kappa shape index (κ2) is 6.49. The third-order valence-corrected chi connectivity index (χ3v) is 3.43. The molecule has 0 saturated carbocycles. The van der Waals surface area contributed by atoms with Crippen molar-refractivity contribution in [2.45, 2.75) is 6.54 Å². The van der Waals surface area contributed by atoms with Gasteiger partial charge in [0.25, 0.3) is 5.91 Å². The standard InChI is InChI=1S/C15H13BrN2O3/c1-18(9-10-2-4-12(16)5-3-10)14(19)11-6-7-17-13(8-11)15(20)21/h2-8H,9H2,1H3,(H,20,21). The highest BCUT2D eigenvalue weighted by molar-refractivity contribution is 9.10. The van der Waals surface area contributed by atoms with Crippen LogP contribution in [0.2, 0.25) is 0 Å². The molecule has 1 amide bonds. The minimum absolute atomic E-state index is 0.141. The van der Waals surface area contributed by atoms with Gasteiger partial charge in [0, 0.05) is 29.8 Å². The molecule has 2 aromatic rings. The maximum absolute atomic E-state index is 12.3. The number of carbonyl (C=O) groups is 2. The van der Waals surface area contributed by atoms with Crippen LogP contribution in [0.15, 0.2) is 47.1 Å². The zero-order valence-electron chi connectivity index (χ0n) is 11.3. The summed E-state index contributed by atoms with van der Waals surface area (Å²) in [6.07, 6.45) is 1.32. The van der Waals surface area contributed by atoms with E-state index in [2.05, 4.69) is 20.9 Å². The van der Waals surface area contributed by atoms with E-state index >= 15 is 0 Å². The van der Waals surface area contributed by atoms with Gasteiger partial charge in [0.15, 0.2) is 0 Å². The van der Waals surface area contributed by atoms with Crippen LogP contribution in [0, 0.1) is 0 Å². The van der Waals surface area contributed by atoms with Gasteiger partial charge >= 0.3 is 5.97 Å². The van der Waals surface area contributed by atoms with Crippen LogP contribution >= 0.6 is 15.9 Å². The fourth-order valence-electron chi connectivity index (χ4n) is 1.84. The number of benzene rings is 1. The van der Waals surface area contributed by atoms with Gasteiger partial charge in [-0.25, -0.2) is 9.78 Å². The molecule has 0 unspecified atom stereocenters. The Hall–Kier alpha value is -2.21. The average molecular weight is 349 g/mol. The van der Waals surface area contributed by atoms with Crippen LogP contribution in [-0.2, 0) is 6.54 Å². The normalized spacial score (nSPS) is 10.2. The van der Waals surface area contributed by atoms with E-state index in [0.29, 0.717) is 12.1 Å². The molecule has 0 saturated heterocycles. The van der Waals surface area contributed by atoms with E-state index in [1.54, 1.807) is 7.05 Å². The Morgan fingerprint density at radius 3 is 2.52 bits per heavy atom. The lowest BCUT2D eigenvalue weighted by atomic mass is 10.1. The van der Waals surface area contributed by atoms with Gasteiger partial charge in [-0.3, -0.25) is 4.79 Å². The van der Waals surface area contributed by atoms with Crippen molar-refractivity contribution in [3.63, 3.8) is 0 Å². The summed E-state index contributed by atoms with van der Waals surface area (Å²) < 4.78 is 0.973. The Kier molecular flexibility index (Phi) is 4.70. The number of hydrogen-bond donors (Lipinski definition) is 1. The van der Waals surface area contributed by atoms with E-state index in [9.17, 15) is 9.59 Å². The molecule has 1 N–H and O–H groups in total. The van der Waals surface area contributed by atoms with E-state index in [0.717, 1.165) is 10.0 Å². The highest BCUT2D eigenvalue weighted by Crippen LogP contribution is 2.13. The maximum atomic E-state index is 12.3. The number of halogens is 1. The number of carboxylic acids is 1. The number of rotatable bonds is 4. The number of nitrogens with zero attached hydrogens (tertiary/aromatic N) is 2. The molecule has 0 radical (unpaired) electrons. The first kappa shape index (κ1) is 15.2. The SMILES string of the molecule is CN(Cc1ccc(Br)cc1)C(=O)c1ccnc(C(=O)O)c1. The predicted octanol–water partition coefficient (Wildman–Crippen LogP) is 2.81. The Labute approximate surface area is 130 Å². The quantitative estimate of drug-likeness (QED) is 0.922. The first-order chi connectivity index (χ1) is 9.97. The Balaban J connectivity index is 2.13. The van der Waals surface area contributed by atoms with Gasteiger partial charge in [0.2, 0.25) is 0 Å². The van der Waals surface area contributed by atoms with Crippen molar-refractivity contribution < 1.29 is 14.7 Å². The summed E-state index contributed by atoms with van der Waals surface area (Å²) in [5, 5.41) is 8.90. The molecule has 0 spiro atoms. The lowest BCUT2D eigenvalue weighted by Gasteiger charge is -2.17. The minimum Gasteiger partial charge on any atom is -0.477 e. The third-order valence-electron chi connectivity index (χ3n) is 2.91. The summed E-state index contributed by atoms with van der Waals surface area (Å²) >= 11 is 3.36. The van der Waals surface area contributed by atoms with E-state index in [-0.39, 0.29) is 11.6 Å². The summed E-state index contributed by atoms with van der Waals surface area (Å²) in [5.74, 6) is -1.40. The number of aromatic nitrogens is 1. The van der Waals surface area contributed by atoms with Crippen LogP contribution in [0.1, 0.15) is 26.4 Å². The van der Waals surface area contributed by atoms with Crippen molar-refractivity contribution in [2.75, 3.05) is 7.05 Å². The van der Waals surface area contributed by atoms with Crippen molar-refractivity contribution in [2.24, 2.45) is 0 Å². The monoisotopic (exact) mass is 348 g/mol. The molecule has 0 aliphatic heterocycles. The number of hydrogen-bond acceptors (Lipinski definition) is 3. The highest BCUT2D eigenvalue weighted by Gasteiger charge is 2.14. The van der Waals surface area contributed by atoms with Crippen LogP contribution in [0.4, 0.5) is 0 Å². The third kappa shape index (κ3) is 3.88. The fourth-order valence-corrected chi connectivity index (χ4v) is 2.10. The smallest absolute Gasteiger partial charge is 0.354 e. The Morgan fingerprint density at radius 1 is 1.24 bits per heavy atom. The zero-order valence-corrected chi connectivity index (χ0v) is 12.9. The topological polar surface area (TPSA) is 70.5 Å². The molecule has 6 heteroatoms. The number of amides is 1. The summed E-state index contributed by atoms with van der Waals surface area (Å²) in [5.41, 5.74) is 1.15. The van der Waals surface area contributed by atoms with Gasteiger partial charge < -0.3 is 10.0 Å². The zero-order chi connectivity index (χ0) is 15.4. The summed E-state index contributed by atoms with van der Waals surface area (Å²) in [4.78, 5) is 28.4. The Morgan fingerprint density at radius 2 is 1.90 bits per heavy atom. The Bertz CT molecular complexity index is 671. The van der Waals surface area contributed by atoms with Crippen molar-refractivity contribution in [3.8, 4) is 0 Å². The molecular weight excluding hydrogens is 336 g/mol. The number of aromatic carboxylic acids is 1. The van der Waals surface area contributed by atoms with Crippen LogP contribution < -0.4 is 0 Å². The molecule has 1 heterocycles. The fraction of sp³-hybridized carbons (Fsp3) is 0.133. The molecule has 0 aliphatic carbocycles. The second-order valence-corrected chi connectivity index (χ2v) is 5.44. The molecule has 108 valence electrons. The van der Waals surface area contributed by atoms with Crippen LogP contribution in [0.3, 0.4) is 0 Å². The molecule has 0 atom stereocenters. The molecule has 0 bridgehead atoms. The van der Waals surface area contributed by atoms with E-state index in [1.165, 1.54) is 23.2 Å². The second-order valence-electron chi connectivity index (χ2n) is 4.52. The van der Waals surface area contributed by atoms with E-state index in [4.69, 9.17) is 5.11 Å². The van der Waals surface area contributed by atoms with Crippen molar-refractivity contribution in [1.29, 1.82) is 0 Å². The predicted molar refractivity (Wildman–Crippen MR) is 81.1 cm³/mol. The minimum atomic E-state index is -1.15. The molecule has 0 aliphatic rings. The van der Waals surface area contributed by atoms with Gasteiger partial charge in [-0.1, -0.05) is 28.1 Å². The van der Waals surface area contributed by atoms with Gasteiger partial charge in [-0.05, 0) is 29.8 Å². The molecular formula is C15H13BrN2O3. The molecule has 0 fully saturated rings. The lowest BCUT2D eigenvalue weighted by Crippen LogP contribution is -2.26. The molecule has 1 aromatic heterocycles. The molecule has 1 aromatic carbocycles. The van der Waals surface area contributed by atoms with Crippen LogP contribution in [0.25, 0.3) is 0 Å². The molecule has 21 heavy (non-hydrogen) atoms. The number of carboxylic acid groups (broad SMARTS) is 1. The van der Waals surface area contributed by atoms with Crippen LogP contribution in [0.5, 0.6) is 0 Å². The number of carbonyl (C=O) groups excluding carboxylic acids is 1. The summed E-state index contributed by atoms with van der Waals surface area (Å²) in [6.45, 7) is 0.441. The molecule has 2 rings (SSSR count). The number of pyridine rings is 1. The first-order valence-corrected chi connectivity index (χ1v) is 6.96. The maximum Gasteiger partial charge on any atom is 0.354 e. The molecule has 5 nitrogen and oxygen atoms in total. The lowest BCUT2D eigenvalue weighted by molar-refractivity contribution is 0.0690. The van der Waals surface area contributed by atoms with Gasteiger partial charge in [-0.2, -0.15) is 0 Å². The van der Waals surface area contributed by atoms with E-state index < -0.39 is 5.97 Å². The summed E-state index contributed by atoms with van der Waals surface area (Å²) in [7, 11) is 1.67. The van der Waals surface area contributed by atoms with Crippen molar-refractivity contribution >= 4 is 27.8 Å². The van der Waals surface area contributed by atoms with Crippen LogP contribution in [-0.4, -0.2) is 33.9 Å². The van der Waals surface area contributed by atoms with Gasteiger partial charge in [-0.15, -0.1) is 0 Å². The first-order valence-electron chi connectivity index (χ1n) is 6.16. The van der Waals surface area contributed by atoms with Gasteiger partial charge in [0.1, 0.15) is 5.69 Å². The average Bonchev–Trinajstić information content (AvgIpc) is 2.49. The van der Waals surface area contributed by atoms with E-state index in [1.807, 2.05) is 24.3 Å². The largest absolute Gasteiger partial charge is 0.477 e. The highest BCUT2D eigenvalue weighted by atomic mass is 79.9. The summed E-state index contributed by atoms with van der Waals surface area (Å²) in [6, 6.07) is 10.4. The van der Waals surface area contributed by atoms with Crippen molar-refractivity contribution in [3.05, 3.63) is 63.9 Å². The van der Waals surface area contributed by atoms with Gasteiger partial charge in [0.05, 0.1) is 0 Å².